The van der Waals surface area contributed by atoms with Crippen LogP contribution in [0.3, 0.4) is 0 Å². The van der Waals surface area contributed by atoms with Crippen LogP contribution in [-0.2, 0) is 4.79 Å². The van der Waals surface area contributed by atoms with Crippen LogP contribution in [0.15, 0.2) is 23.5 Å². The maximum absolute atomic E-state index is 12.3. The van der Waals surface area contributed by atoms with Gasteiger partial charge in [0.25, 0.3) is 0 Å². The van der Waals surface area contributed by atoms with E-state index in [1.54, 1.807) is 18.5 Å². The molecule has 0 aliphatic carbocycles. The minimum atomic E-state index is 0.116. The van der Waals surface area contributed by atoms with Crippen LogP contribution in [-0.4, -0.2) is 72.5 Å². The van der Waals surface area contributed by atoms with Gasteiger partial charge in [-0.1, -0.05) is 5.92 Å². The first-order valence-electron chi connectivity index (χ1n) is 8.50. The number of hydrogen-bond donors (Lipinski definition) is 2. The predicted octanol–water partition coefficient (Wildman–Crippen LogP) is -0.296. The van der Waals surface area contributed by atoms with Gasteiger partial charge in [0.2, 0.25) is 11.9 Å². The van der Waals surface area contributed by atoms with E-state index in [1.807, 2.05) is 11.8 Å². The lowest BCUT2D eigenvalue weighted by atomic mass is 10.3. The first kappa shape index (κ1) is 18.5. The van der Waals surface area contributed by atoms with Crippen LogP contribution >= 0.6 is 0 Å². The topological polar surface area (TPSA) is 85.8 Å². The third-order valence-corrected chi connectivity index (χ3v) is 3.77. The van der Waals surface area contributed by atoms with Crippen molar-refractivity contribution in [2.75, 3.05) is 50.7 Å². The smallest absolute Gasteiger partial charge is 0.225 e. The molecule has 1 fully saturated rings. The van der Waals surface area contributed by atoms with E-state index in [9.17, 15) is 4.79 Å². The van der Waals surface area contributed by atoms with Gasteiger partial charge in [-0.05, 0) is 13.0 Å². The number of nitrogens with zero attached hydrogens (tertiary/aromatic N) is 5. The number of hydrogen-bond acceptors (Lipinski definition) is 5. The van der Waals surface area contributed by atoms with Crippen molar-refractivity contribution in [1.82, 2.24) is 25.5 Å². The molecule has 134 valence electrons. The fraction of sp³-hybridized carbons (Fsp3) is 0.529. The number of anilines is 1. The SMILES string of the molecule is C#CCNC(=NCCC(=O)N1CCN(c2ncccn2)CC1)NCC. The molecule has 0 aromatic carbocycles. The second kappa shape index (κ2) is 10.1. The van der Waals surface area contributed by atoms with Crippen LogP contribution in [0.1, 0.15) is 13.3 Å². The average molecular weight is 343 g/mol. The van der Waals surface area contributed by atoms with E-state index < -0.39 is 0 Å². The van der Waals surface area contributed by atoms with Crippen molar-refractivity contribution in [1.29, 1.82) is 0 Å². The average Bonchev–Trinajstić information content (AvgIpc) is 2.67. The van der Waals surface area contributed by atoms with Crippen LogP contribution in [0.2, 0.25) is 0 Å². The van der Waals surface area contributed by atoms with Crippen LogP contribution in [0.25, 0.3) is 0 Å². The molecular formula is C17H25N7O. The van der Waals surface area contributed by atoms with Gasteiger partial charge in [0.1, 0.15) is 0 Å². The van der Waals surface area contributed by atoms with Gasteiger partial charge in [-0.3, -0.25) is 9.79 Å². The Morgan fingerprint density at radius 2 is 2.00 bits per heavy atom. The Kier molecular flexibility index (Phi) is 7.50. The summed E-state index contributed by atoms with van der Waals surface area (Å²) >= 11 is 0. The molecule has 0 atom stereocenters. The number of guanidine groups is 1. The number of nitrogens with one attached hydrogen (secondary N) is 2. The molecule has 1 aliphatic rings. The minimum absolute atomic E-state index is 0.116. The minimum Gasteiger partial charge on any atom is -0.357 e. The van der Waals surface area contributed by atoms with Gasteiger partial charge in [-0.25, -0.2) is 9.97 Å². The molecule has 1 aliphatic heterocycles. The standard InChI is InChI=1S/C17H25N7O/c1-3-7-19-16(18-4-2)20-10-6-15(25)23-11-13-24(14-12-23)17-21-8-5-9-22-17/h1,5,8-9H,4,6-7,10-14H2,2H3,(H2,18,19,20). The Labute approximate surface area is 148 Å². The Hall–Kier alpha value is -2.82. The number of aliphatic imine (C=N–C) groups is 1. The highest BCUT2D eigenvalue weighted by atomic mass is 16.2. The monoisotopic (exact) mass is 343 g/mol. The first-order valence-corrected chi connectivity index (χ1v) is 8.50. The van der Waals surface area contributed by atoms with Crippen molar-refractivity contribution in [2.24, 2.45) is 4.99 Å². The first-order chi connectivity index (χ1) is 12.2. The molecule has 2 N–H and O–H groups in total. The molecule has 2 heterocycles. The third-order valence-electron chi connectivity index (χ3n) is 3.77. The predicted molar refractivity (Wildman–Crippen MR) is 98.3 cm³/mol. The Bertz CT molecular complexity index is 603. The second-order valence-corrected chi connectivity index (χ2v) is 5.48. The quantitative estimate of drug-likeness (QED) is 0.419. The van der Waals surface area contributed by atoms with Crippen molar-refractivity contribution >= 4 is 17.8 Å². The summed E-state index contributed by atoms with van der Waals surface area (Å²) in [5, 5.41) is 6.10. The number of amides is 1. The fourth-order valence-electron chi connectivity index (χ4n) is 2.51. The normalized spacial score (nSPS) is 14.8. The molecule has 8 nitrogen and oxygen atoms in total. The van der Waals surface area contributed by atoms with Gasteiger partial charge in [0.05, 0.1) is 13.1 Å². The number of terminal acetylenes is 1. The molecule has 1 amide bonds. The molecule has 1 aromatic rings. The van der Waals surface area contributed by atoms with E-state index in [4.69, 9.17) is 6.42 Å². The van der Waals surface area contributed by atoms with Crippen LogP contribution in [0.4, 0.5) is 5.95 Å². The van der Waals surface area contributed by atoms with E-state index in [0.717, 1.165) is 19.6 Å². The summed E-state index contributed by atoms with van der Waals surface area (Å²) in [6.07, 6.45) is 9.08. The highest BCUT2D eigenvalue weighted by Crippen LogP contribution is 2.10. The van der Waals surface area contributed by atoms with Gasteiger partial charge in [-0.15, -0.1) is 6.42 Å². The summed E-state index contributed by atoms with van der Waals surface area (Å²) in [5.41, 5.74) is 0. The largest absolute Gasteiger partial charge is 0.357 e. The van der Waals surface area contributed by atoms with Gasteiger partial charge >= 0.3 is 0 Å². The van der Waals surface area contributed by atoms with Crippen molar-refractivity contribution in [2.45, 2.75) is 13.3 Å². The zero-order valence-corrected chi connectivity index (χ0v) is 14.6. The molecule has 0 unspecified atom stereocenters. The Balaban J connectivity index is 1.75. The van der Waals surface area contributed by atoms with Crippen LogP contribution in [0.5, 0.6) is 0 Å². The molecule has 0 saturated carbocycles. The summed E-state index contributed by atoms with van der Waals surface area (Å²) in [7, 11) is 0. The molecule has 0 spiro atoms. The summed E-state index contributed by atoms with van der Waals surface area (Å²) < 4.78 is 0. The molecular weight excluding hydrogens is 318 g/mol. The number of aromatic nitrogens is 2. The van der Waals surface area contributed by atoms with E-state index in [1.165, 1.54) is 0 Å². The molecule has 2 rings (SSSR count). The second-order valence-electron chi connectivity index (χ2n) is 5.48. The van der Waals surface area contributed by atoms with Crippen molar-refractivity contribution < 1.29 is 4.79 Å². The maximum atomic E-state index is 12.3. The number of rotatable bonds is 6. The lowest BCUT2D eigenvalue weighted by molar-refractivity contribution is -0.131. The molecule has 25 heavy (non-hydrogen) atoms. The lowest BCUT2D eigenvalue weighted by Crippen LogP contribution is -2.49. The molecule has 0 bridgehead atoms. The fourth-order valence-corrected chi connectivity index (χ4v) is 2.51. The van der Waals surface area contributed by atoms with Crippen molar-refractivity contribution in [3.63, 3.8) is 0 Å². The van der Waals surface area contributed by atoms with Crippen molar-refractivity contribution in [3.8, 4) is 12.3 Å². The number of piperazine rings is 1. The summed E-state index contributed by atoms with van der Waals surface area (Å²) in [6, 6.07) is 1.80. The van der Waals surface area contributed by atoms with Crippen LogP contribution in [0, 0.1) is 12.3 Å². The van der Waals surface area contributed by atoms with E-state index >= 15 is 0 Å². The molecule has 1 saturated heterocycles. The van der Waals surface area contributed by atoms with Gasteiger partial charge in [-0.2, -0.15) is 0 Å². The maximum Gasteiger partial charge on any atom is 0.225 e. The van der Waals surface area contributed by atoms with Gasteiger partial charge in [0.15, 0.2) is 5.96 Å². The van der Waals surface area contributed by atoms with Gasteiger partial charge < -0.3 is 20.4 Å². The highest BCUT2D eigenvalue weighted by molar-refractivity contribution is 5.81. The molecule has 0 radical (unpaired) electrons. The van der Waals surface area contributed by atoms with E-state index in [2.05, 4.69) is 36.4 Å². The lowest BCUT2D eigenvalue weighted by Gasteiger charge is -2.34. The summed E-state index contributed by atoms with van der Waals surface area (Å²) in [4.78, 5) is 29.2. The summed E-state index contributed by atoms with van der Waals surface area (Å²) in [5.74, 6) is 3.97. The van der Waals surface area contributed by atoms with E-state index in [0.29, 0.717) is 44.5 Å². The number of carbonyl (C=O) groups excluding carboxylic acids is 1. The third kappa shape index (κ3) is 5.95. The summed E-state index contributed by atoms with van der Waals surface area (Å²) in [6.45, 7) is 6.40. The zero-order chi connectivity index (χ0) is 17.9. The van der Waals surface area contributed by atoms with Crippen molar-refractivity contribution in [3.05, 3.63) is 18.5 Å². The molecule has 8 heteroatoms. The Morgan fingerprint density at radius 1 is 1.28 bits per heavy atom. The van der Waals surface area contributed by atoms with Gasteiger partial charge in [0, 0.05) is 51.5 Å². The van der Waals surface area contributed by atoms with Crippen LogP contribution < -0.4 is 15.5 Å². The number of carbonyl (C=O) groups is 1. The highest BCUT2D eigenvalue weighted by Gasteiger charge is 2.21. The van der Waals surface area contributed by atoms with E-state index in [-0.39, 0.29) is 5.91 Å². The Morgan fingerprint density at radius 3 is 2.64 bits per heavy atom. The zero-order valence-electron chi connectivity index (χ0n) is 14.6. The molecule has 1 aromatic heterocycles.